The van der Waals surface area contributed by atoms with Gasteiger partial charge in [0.25, 0.3) is 0 Å². The highest BCUT2D eigenvalue weighted by atomic mass is 16.5. The molecule has 0 unspecified atom stereocenters. The van der Waals surface area contributed by atoms with Crippen molar-refractivity contribution in [3.8, 4) is 6.07 Å². The summed E-state index contributed by atoms with van der Waals surface area (Å²) in [7, 11) is 1.24. The Morgan fingerprint density at radius 3 is 2.40 bits per heavy atom. The van der Waals surface area contributed by atoms with Gasteiger partial charge >= 0.3 is 5.97 Å². The maximum atomic E-state index is 12.5. The van der Waals surface area contributed by atoms with Gasteiger partial charge in [-0.15, -0.1) is 0 Å². The first-order valence-corrected chi connectivity index (χ1v) is 8.04. The van der Waals surface area contributed by atoms with E-state index >= 15 is 0 Å². The van der Waals surface area contributed by atoms with Gasteiger partial charge in [0.05, 0.1) is 13.2 Å². The van der Waals surface area contributed by atoms with E-state index in [0.717, 1.165) is 5.56 Å². The number of benzene rings is 1. The number of nitrogens with zero attached hydrogens (tertiary/aromatic N) is 1. The van der Waals surface area contributed by atoms with Gasteiger partial charge < -0.3 is 15.4 Å². The number of methoxy groups -OCH3 is 1. The molecule has 0 saturated heterocycles. The highest BCUT2D eigenvalue weighted by Crippen LogP contribution is 2.07. The van der Waals surface area contributed by atoms with E-state index in [-0.39, 0.29) is 12.3 Å². The summed E-state index contributed by atoms with van der Waals surface area (Å²) in [5.74, 6) is -1.38. The summed E-state index contributed by atoms with van der Waals surface area (Å²) in [6.45, 7) is 1.33. The molecule has 0 heterocycles. The van der Waals surface area contributed by atoms with Gasteiger partial charge in [0.15, 0.2) is 0 Å². The molecule has 0 aromatic heterocycles. The molecule has 0 spiro atoms. The van der Waals surface area contributed by atoms with Gasteiger partial charge in [-0.1, -0.05) is 30.3 Å². The van der Waals surface area contributed by atoms with Crippen LogP contribution in [0.25, 0.3) is 0 Å². The van der Waals surface area contributed by atoms with Crippen molar-refractivity contribution in [2.75, 3.05) is 7.11 Å². The summed E-state index contributed by atoms with van der Waals surface area (Å²) in [6, 6.07) is 9.60. The summed E-state index contributed by atoms with van der Waals surface area (Å²) in [4.78, 5) is 35.8. The van der Waals surface area contributed by atoms with Gasteiger partial charge in [0, 0.05) is 19.8 Å². The Kier molecular flexibility index (Phi) is 8.72. The van der Waals surface area contributed by atoms with Gasteiger partial charge in [0.1, 0.15) is 12.1 Å². The third-order valence-corrected chi connectivity index (χ3v) is 3.56. The van der Waals surface area contributed by atoms with Gasteiger partial charge in [-0.3, -0.25) is 9.59 Å². The molecule has 7 nitrogen and oxygen atoms in total. The molecule has 1 rings (SSSR count). The average Bonchev–Trinajstić information content (AvgIpc) is 2.60. The third kappa shape index (κ3) is 7.48. The number of ether oxygens (including phenoxy) is 1. The number of hydrogen-bond donors (Lipinski definition) is 2. The summed E-state index contributed by atoms with van der Waals surface area (Å²) in [5, 5.41) is 13.8. The van der Waals surface area contributed by atoms with Gasteiger partial charge in [-0.2, -0.15) is 5.26 Å². The number of carbonyl (C=O) groups is 3. The number of nitriles is 1. The smallest absolute Gasteiger partial charge is 0.328 e. The van der Waals surface area contributed by atoms with E-state index in [1.807, 2.05) is 36.4 Å². The second-order valence-electron chi connectivity index (χ2n) is 5.58. The van der Waals surface area contributed by atoms with E-state index in [0.29, 0.717) is 19.3 Å². The zero-order valence-corrected chi connectivity index (χ0v) is 14.5. The van der Waals surface area contributed by atoms with E-state index in [4.69, 9.17) is 10.00 Å². The molecule has 0 aliphatic carbocycles. The molecular formula is C18H23N3O4. The molecule has 134 valence electrons. The predicted octanol–water partition coefficient (Wildman–Crippen LogP) is 1.09. The molecule has 2 atom stereocenters. The lowest BCUT2D eigenvalue weighted by Gasteiger charge is -2.22. The topological polar surface area (TPSA) is 108 Å². The molecule has 0 bridgehead atoms. The first-order chi connectivity index (χ1) is 12.0. The van der Waals surface area contributed by atoms with E-state index in [1.165, 1.54) is 14.0 Å². The number of amides is 2. The van der Waals surface area contributed by atoms with Crippen molar-refractivity contribution in [2.45, 2.75) is 44.7 Å². The quantitative estimate of drug-likeness (QED) is 0.514. The van der Waals surface area contributed by atoms with Gasteiger partial charge in [-0.25, -0.2) is 4.79 Å². The maximum Gasteiger partial charge on any atom is 0.328 e. The van der Waals surface area contributed by atoms with Gasteiger partial charge in [0.2, 0.25) is 11.8 Å². The van der Waals surface area contributed by atoms with Crippen molar-refractivity contribution in [2.24, 2.45) is 0 Å². The second kappa shape index (κ2) is 10.8. The lowest BCUT2D eigenvalue weighted by Crippen LogP contribution is -2.52. The van der Waals surface area contributed by atoms with Crippen molar-refractivity contribution in [1.82, 2.24) is 10.6 Å². The van der Waals surface area contributed by atoms with Crippen LogP contribution in [-0.2, 0) is 25.5 Å². The molecule has 0 radical (unpaired) electrons. The van der Waals surface area contributed by atoms with Crippen LogP contribution < -0.4 is 10.6 Å². The van der Waals surface area contributed by atoms with Crippen LogP contribution in [0.3, 0.4) is 0 Å². The average molecular weight is 345 g/mol. The zero-order valence-electron chi connectivity index (χ0n) is 14.5. The van der Waals surface area contributed by atoms with Crippen LogP contribution in [0.2, 0.25) is 0 Å². The highest BCUT2D eigenvalue weighted by molar-refractivity contribution is 5.90. The lowest BCUT2D eigenvalue weighted by atomic mass is 10.0. The summed E-state index contributed by atoms with van der Waals surface area (Å²) >= 11 is 0. The Morgan fingerprint density at radius 2 is 1.84 bits per heavy atom. The lowest BCUT2D eigenvalue weighted by molar-refractivity contribution is -0.145. The summed E-state index contributed by atoms with van der Waals surface area (Å²) in [5.41, 5.74) is 0.885. The molecular weight excluding hydrogens is 322 g/mol. The minimum Gasteiger partial charge on any atom is -0.467 e. The number of carbonyl (C=O) groups excluding carboxylic acids is 3. The Bertz CT molecular complexity index is 625. The summed E-state index contributed by atoms with van der Waals surface area (Å²) in [6.07, 6.45) is 1.34. The minimum absolute atomic E-state index is 0.280. The Labute approximate surface area is 147 Å². The van der Waals surface area contributed by atoms with Crippen LogP contribution in [0.5, 0.6) is 0 Å². The van der Waals surface area contributed by atoms with E-state index in [2.05, 4.69) is 10.6 Å². The molecule has 2 amide bonds. The first kappa shape index (κ1) is 20.2. The number of hydrogen-bond acceptors (Lipinski definition) is 5. The fraction of sp³-hybridized carbons (Fsp3) is 0.444. The van der Waals surface area contributed by atoms with E-state index in [1.54, 1.807) is 0 Å². The Hall–Kier alpha value is -2.88. The normalized spacial score (nSPS) is 12.4. The van der Waals surface area contributed by atoms with Crippen LogP contribution in [0.4, 0.5) is 0 Å². The fourth-order valence-electron chi connectivity index (χ4n) is 2.35. The second-order valence-corrected chi connectivity index (χ2v) is 5.58. The standard InChI is InChI=1S/C18H23N3O4/c1-13(22)20-16(12-14-8-4-3-5-9-14)17(23)21-15(18(24)25-2)10-6-7-11-19/h3-5,8-9,15-16H,6-7,10,12H2,1-2H3,(H,20,22)(H,21,23)/t15-,16+/m0/s1. The van der Waals surface area contributed by atoms with E-state index < -0.39 is 24.0 Å². The van der Waals surface area contributed by atoms with Crippen LogP contribution in [0.15, 0.2) is 30.3 Å². The minimum atomic E-state index is -0.849. The SMILES string of the molecule is COC(=O)[C@H](CCCC#N)NC(=O)[C@@H](Cc1ccccc1)NC(C)=O. The molecule has 0 saturated carbocycles. The molecule has 2 N–H and O–H groups in total. The Morgan fingerprint density at radius 1 is 1.16 bits per heavy atom. The largest absolute Gasteiger partial charge is 0.467 e. The van der Waals surface area contributed by atoms with Crippen molar-refractivity contribution in [1.29, 1.82) is 5.26 Å². The third-order valence-electron chi connectivity index (χ3n) is 3.56. The van der Waals surface area contributed by atoms with Crippen molar-refractivity contribution < 1.29 is 19.1 Å². The predicted molar refractivity (Wildman–Crippen MR) is 91.2 cm³/mol. The monoisotopic (exact) mass is 345 g/mol. The number of rotatable bonds is 9. The van der Waals surface area contributed by atoms with Crippen molar-refractivity contribution in [3.63, 3.8) is 0 Å². The Balaban J connectivity index is 2.81. The summed E-state index contributed by atoms with van der Waals surface area (Å²) < 4.78 is 4.70. The first-order valence-electron chi connectivity index (χ1n) is 8.04. The van der Waals surface area contributed by atoms with Crippen LogP contribution in [0.1, 0.15) is 31.7 Å². The number of esters is 1. The molecule has 1 aromatic rings. The van der Waals surface area contributed by atoms with Crippen molar-refractivity contribution in [3.05, 3.63) is 35.9 Å². The van der Waals surface area contributed by atoms with Crippen molar-refractivity contribution >= 4 is 17.8 Å². The van der Waals surface area contributed by atoms with Crippen LogP contribution in [-0.4, -0.2) is 37.0 Å². The number of unbranched alkanes of at least 4 members (excludes halogenated alkanes) is 1. The molecule has 0 aliphatic heterocycles. The van der Waals surface area contributed by atoms with Crippen LogP contribution >= 0.6 is 0 Å². The highest BCUT2D eigenvalue weighted by Gasteiger charge is 2.26. The van der Waals surface area contributed by atoms with Gasteiger partial charge in [-0.05, 0) is 18.4 Å². The van der Waals surface area contributed by atoms with E-state index in [9.17, 15) is 14.4 Å². The zero-order chi connectivity index (χ0) is 18.7. The number of nitrogens with one attached hydrogen (secondary N) is 2. The molecule has 25 heavy (non-hydrogen) atoms. The maximum absolute atomic E-state index is 12.5. The van der Waals surface area contributed by atoms with Crippen LogP contribution in [0, 0.1) is 11.3 Å². The fourth-order valence-corrected chi connectivity index (χ4v) is 2.35. The molecule has 7 heteroatoms. The molecule has 1 aromatic carbocycles. The molecule has 0 fully saturated rings. The molecule has 0 aliphatic rings.